The predicted molar refractivity (Wildman–Crippen MR) is 90.0 cm³/mol. The maximum Gasteiger partial charge on any atom is 0.250 e. The fraction of sp³-hybridized carbons (Fsp3) is 0.176. The molecule has 0 bridgehead atoms. The minimum Gasteiger partial charge on any atom is -0.454 e. The van der Waals surface area contributed by atoms with Gasteiger partial charge < -0.3 is 9.47 Å². The molecule has 0 atom stereocenters. The molecule has 0 spiro atoms. The summed E-state index contributed by atoms with van der Waals surface area (Å²) in [5.74, 6) is 0.790. The highest BCUT2D eigenvalue weighted by Gasteiger charge is 2.14. The molecule has 3 rings (SSSR count). The number of nitrogens with zero attached hydrogens (tertiary/aromatic N) is 1. The third-order valence-electron chi connectivity index (χ3n) is 3.33. The lowest BCUT2D eigenvalue weighted by molar-refractivity contribution is -0.118. The molecule has 2 aromatic carbocycles. The van der Waals surface area contributed by atoms with Crippen molar-refractivity contribution in [3.8, 4) is 11.5 Å². The molecule has 0 aromatic heterocycles. The number of rotatable bonds is 5. The molecule has 7 heteroatoms. The monoisotopic (exact) mass is 346 g/mol. The Balaban J connectivity index is 1.56. The minimum atomic E-state index is -0.338. The highest BCUT2D eigenvalue weighted by Crippen LogP contribution is 2.32. The van der Waals surface area contributed by atoms with Gasteiger partial charge in [-0.2, -0.15) is 5.10 Å². The quantitative estimate of drug-likeness (QED) is 0.513. The molecule has 0 fully saturated rings. The Morgan fingerprint density at radius 3 is 2.88 bits per heavy atom. The number of hydrazone groups is 1. The number of benzene rings is 2. The van der Waals surface area contributed by atoms with Crippen LogP contribution in [0.1, 0.15) is 12.5 Å². The van der Waals surface area contributed by atoms with Gasteiger partial charge in [0.25, 0.3) is 0 Å². The van der Waals surface area contributed by atoms with Crippen molar-refractivity contribution in [2.24, 2.45) is 5.10 Å². The first-order chi connectivity index (χ1) is 11.6. The van der Waals surface area contributed by atoms with Crippen molar-refractivity contribution in [2.45, 2.75) is 11.8 Å². The topological polar surface area (TPSA) is 59.9 Å². The van der Waals surface area contributed by atoms with Crippen LogP contribution >= 0.6 is 11.8 Å². The van der Waals surface area contributed by atoms with Gasteiger partial charge in [0.15, 0.2) is 11.5 Å². The van der Waals surface area contributed by atoms with Gasteiger partial charge in [0.2, 0.25) is 12.7 Å². The fourth-order valence-electron chi connectivity index (χ4n) is 2.07. The molecule has 1 aliphatic heterocycles. The van der Waals surface area contributed by atoms with E-state index >= 15 is 0 Å². The predicted octanol–water partition coefficient (Wildman–Crippen LogP) is 3.19. The highest BCUT2D eigenvalue weighted by molar-refractivity contribution is 8.00. The molecular formula is C17H15FN2O3S. The van der Waals surface area contributed by atoms with Crippen LogP contribution in [0.4, 0.5) is 4.39 Å². The number of thioether (sulfide) groups is 1. The second-order valence-electron chi connectivity index (χ2n) is 5.02. The maximum absolute atomic E-state index is 13.5. The number of amides is 1. The summed E-state index contributed by atoms with van der Waals surface area (Å²) in [5.41, 5.74) is 3.93. The van der Waals surface area contributed by atoms with E-state index in [4.69, 9.17) is 9.47 Å². The van der Waals surface area contributed by atoms with E-state index in [-0.39, 0.29) is 24.3 Å². The first-order valence-electron chi connectivity index (χ1n) is 7.24. The van der Waals surface area contributed by atoms with Crippen LogP contribution in [0.15, 0.2) is 52.5 Å². The lowest BCUT2D eigenvalue weighted by Gasteiger charge is -2.05. The molecular weight excluding hydrogens is 331 g/mol. The fourth-order valence-corrected chi connectivity index (χ4v) is 2.80. The van der Waals surface area contributed by atoms with Crippen LogP contribution in [0, 0.1) is 5.82 Å². The van der Waals surface area contributed by atoms with E-state index in [9.17, 15) is 9.18 Å². The number of carbonyl (C=O) groups is 1. The molecule has 1 N–H and O–H groups in total. The van der Waals surface area contributed by atoms with Gasteiger partial charge in [-0.25, -0.2) is 9.82 Å². The van der Waals surface area contributed by atoms with E-state index in [1.54, 1.807) is 37.3 Å². The third-order valence-corrected chi connectivity index (χ3v) is 4.38. The smallest absolute Gasteiger partial charge is 0.250 e. The van der Waals surface area contributed by atoms with E-state index < -0.39 is 0 Å². The van der Waals surface area contributed by atoms with E-state index in [0.717, 1.165) is 17.3 Å². The number of halogens is 1. The molecule has 0 radical (unpaired) electrons. The van der Waals surface area contributed by atoms with Crippen molar-refractivity contribution in [3.05, 3.63) is 53.8 Å². The van der Waals surface area contributed by atoms with Gasteiger partial charge in [0.1, 0.15) is 5.82 Å². The van der Waals surface area contributed by atoms with E-state index in [1.165, 1.54) is 6.07 Å². The Labute approximate surface area is 142 Å². The summed E-state index contributed by atoms with van der Waals surface area (Å²) in [6.07, 6.45) is 0. The lowest BCUT2D eigenvalue weighted by Crippen LogP contribution is -2.21. The number of carbonyl (C=O) groups excluding carboxylic acids is 1. The summed E-state index contributed by atoms with van der Waals surface area (Å²) in [6, 6.07) is 11.8. The summed E-state index contributed by atoms with van der Waals surface area (Å²) in [7, 11) is 0. The molecule has 0 saturated heterocycles. The minimum absolute atomic E-state index is 0.0822. The molecule has 124 valence electrons. The molecule has 5 nitrogen and oxygen atoms in total. The standard InChI is InChI=1S/C17H15FN2O3S/c1-11(12-6-7-14-15(8-12)23-10-22-14)19-20-17(21)9-24-16-5-3-2-4-13(16)18/h2-8H,9-10H2,1H3,(H,20,21)/b19-11+. The number of fused-ring (bicyclic) bond motifs is 1. The summed E-state index contributed by atoms with van der Waals surface area (Å²) in [5, 5.41) is 4.07. The molecule has 1 aliphatic rings. The summed E-state index contributed by atoms with van der Waals surface area (Å²) in [6.45, 7) is 1.99. The molecule has 0 saturated carbocycles. The van der Waals surface area contributed by atoms with Gasteiger partial charge >= 0.3 is 0 Å². The largest absolute Gasteiger partial charge is 0.454 e. The SMILES string of the molecule is C/C(=N\NC(=O)CSc1ccccc1F)c1ccc2c(c1)OCO2. The molecule has 0 aliphatic carbocycles. The molecule has 1 amide bonds. The van der Waals surface area contributed by atoms with Crippen molar-refractivity contribution in [1.82, 2.24) is 5.43 Å². The van der Waals surface area contributed by atoms with Crippen LogP contribution < -0.4 is 14.9 Å². The third kappa shape index (κ3) is 3.86. The van der Waals surface area contributed by atoms with Crippen molar-refractivity contribution in [1.29, 1.82) is 0 Å². The van der Waals surface area contributed by atoms with Crippen molar-refractivity contribution >= 4 is 23.4 Å². The van der Waals surface area contributed by atoms with Gasteiger partial charge in [0, 0.05) is 10.5 Å². The molecule has 1 heterocycles. The molecule has 0 unspecified atom stereocenters. The molecule has 24 heavy (non-hydrogen) atoms. The number of ether oxygens (including phenoxy) is 2. The van der Waals surface area contributed by atoms with E-state index in [2.05, 4.69) is 10.5 Å². The van der Waals surface area contributed by atoms with Crippen LogP contribution in [0.25, 0.3) is 0 Å². The zero-order valence-corrected chi connectivity index (χ0v) is 13.7. The average molecular weight is 346 g/mol. The number of hydrogen-bond acceptors (Lipinski definition) is 5. The zero-order valence-electron chi connectivity index (χ0n) is 12.9. The normalized spacial score (nSPS) is 13.0. The van der Waals surface area contributed by atoms with E-state index in [0.29, 0.717) is 22.1 Å². The number of nitrogens with one attached hydrogen (secondary N) is 1. The van der Waals surface area contributed by atoms with Crippen LogP contribution in [-0.2, 0) is 4.79 Å². The summed E-state index contributed by atoms with van der Waals surface area (Å²) in [4.78, 5) is 12.3. The highest BCUT2D eigenvalue weighted by atomic mass is 32.2. The Bertz CT molecular complexity index is 795. The summed E-state index contributed by atoms with van der Waals surface area (Å²) < 4.78 is 24.0. The first-order valence-corrected chi connectivity index (χ1v) is 8.22. The van der Waals surface area contributed by atoms with E-state index in [1.807, 2.05) is 6.07 Å². The Morgan fingerprint density at radius 1 is 1.25 bits per heavy atom. The second-order valence-corrected chi connectivity index (χ2v) is 6.04. The molecule has 2 aromatic rings. The summed E-state index contributed by atoms with van der Waals surface area (Å²) >= 11 is 1.13. The van der Waals surface area contributed by atoms with Crippen LogP contribution in [0.3, 0.4) is 0 Å². The van der Waals surface area contributed by atoms with Crippen LogP contribution in [0.2, 0.25) is 0 Å². The zero-order chi connectivity index (χ0) is 16.9. The average Bonchev–Trinajstić information content (AvgIpc) is 3.06. The maximum atomic E-state index is 13.5. The van der Waals surface area contributed by atoms with Gasteiger partial charge in [-0.05, 0) is 37.3 Å². The Morgan fingerprint density at radius 2 is 2.04 bits per heavy atom. The van der Waals surface area contributed by atoms with Gasteiger partial charge in [0.05, 0.1) is 11.5 Å². The van der Waals surface area contributed by atoms with Crippen LogP contribution in [-0.4, -0.2) is 24.2 Å². The van der Waals surface area contributed by atoms with Crippen molar-refractivity contribution in [3.63, 3.8) is 0 Å². The lowest BCUT2D eigenvalue weighted by atomic mass is 10.1. The Kier molecular flexibility index (Phi) is 5.00. The second kappa shape index (κ2) is 7.35. The first kappa shape index (κ1) is 16.3. The number of hydrogen-bond donors (Lipinski definition) is 1. The van der Waals surface area contributed by atoms with Crippen molar-refractivity contribution in [2.75, 3.05) is 12.5 Å². The van der Waals surface area contributed by atoms with Gasteiger partial charge in [-0.15, -0.1) is 11.8 Å². The Hall–Kier alpha value is -2.54. The van der Waals surface area contributed by atoms with Crippen LogP contribution in [0.5, 0.6) is 11.5 Å². The van der Waals surface area contributed by atoms with Crippen molar-refractivity contribution < 1.29 is 18.7 Å². The van der Waals surface area contributed by atoms with Gasteiger partial charge in [-0.3, -0.25) is 4.79 Å². The van der Waals surface area contributed by atoms with Gasteiger partial charge in [-0.1, -0.05) is 12.1 Å².